The number of benzene rings is 3. The van der Waals surface area contributed by atoms with Crippen LogP contribution in [0, 0.1) is 0 Å². The van der Waals surface area contributed by atoms with Crippen LogP contribution in [0.5, 0.6) is 0 Å². The Balaban J connectivity index is 1.74. The van der Waals surface area contributed by atoms with Crippen molar-refractivity contribution in [3.05, 3.63) is 125 Å². The molecule has 0 bridgehead atoms. The number of aliphatic hydroxyl groups excluding tert-OH is 2. The zero-order valence-electron chi connectivity index (χ0n) is 20.2. The standard InChI is InChI=1S/C29H25ClN4O4/c30-25-23-26(32-17-31-25)34(18-33-23)27-29(37,24(36)22(16-35)38-27)28(19-10-4-1-5-11-19,20-12-6-2-7-13-20)21-14-8-3-9-15-21/h1-15,17-18,22,24,27,35-37H,16H2/t22-,24-,27-,29-/m1/s1. The Kier molecular flexibility index (Phi) is 6.22. The zero-order chi connectivity index (χ0) is 26.3. The minimum Gasteiger partial charge on any atom is -0.394 e. The average molecular weight is 529 g/mol. The van der Waals surface area contributed by atoms with Crippen molar-refractivity contribution in [3.8, 4) is 0 Å². The lowest BCUT2D eigenvalue weighted by molar-refractivity contribution is -0.136. The predicted octanol–water partition coefficient (Wildman–Crippen LogP) is 3.50. The highest BCUT2D eigenvalue weighted by molar-refractivity contribution is 6.33. The molecule has 3 heterocycles. The molecular weight excluding hydrogens is 504 g/mol. The van der Waals surface area contributed by atoms with Gasteiger partial charge in [-0.15, -0.1) is 0 Å². The maximum Gasteiger partial charge on any atom is 0.170 e. The fraction of sp³-hybridized carbons (Fsp3) is 0.207. The van der Waals surface area contributed by atoms with Gasteiger partial charge in [-0.05, 0) is 16.7 Å². The predicted molar refractivity (Wildman–Crippen MR) is 141 cm³/mol. The van der Waals surface area contributed by atoms with Crippen molar-refractivity contribution < 1.29 is 20.1 Å². The summed E-state index contributed by atoms with van der Waals surface area (Å²) in [7, 11) is 0. The summed E-state index contributed by atoms with van der Waals surface area (Å²) in [6, 6.07) is 28.5. The topological polar surface area (TPSA) is 114 Å². The molecule has 1 aliphatic rings. The van der Waals surface area contributed by atoms with Gasteiger partial charge >= 0.3 is 0 Å². The van der Waals surface area contributed by atoms with Crippen molar-refractivity contribution in [2.45, 2.75) is 29.5 Å². The third-order valence-electron chi connectivity index (χ3n) is 7.45. The average Bonchev–Trinajstić information content (AvgIpc) is 3.51. The van der Waals surface area contributed by atoms with E-state index in [9.17, 15) is 15.3 Å². The van der Waals surface area contributed by atoms with Gasteiger partial charge in [-0.25, -0.2) is 15.0 Å². The largest absolute Gasteiger partial charge is 0.394 e. The third-order valence-corrected chi connectivity index (χ3v) is 7.73. The molecule has 3 aromatic carbocycles. The van der Waals surface area contributed by atoms with Crippen LogP contribution in [-0.2, 0) is 10.2 Å². The van der Waals surface area contributed by atoms with Crippen molar-refractivity contribution >= 4 is 22.8 Å². The number of halogens is 1. The normalized spacial score (nSPS) is 23.6. The summed E-state index contributed by atoms with van der Waals surface area (Å²) in [5, 5.41) is 35.5. The first-order chi connectivity index (χ1) is 18.5. The van der Waals surface area contributed by atoms with Crippen LogP contribution in [0.4, 0.5) is 0 Å². The Morgan fingerprint density at radius 2 is 1.37 bits per heavy atom. The molecule has 8 nitrogen and oxygen atoms in total. The molecular formula is C29H25ClN4O4. The molecule has 1 saturated heterocycles. The molecule has 6 rings (SSSR count). The van der Waals surface area contributed by atoms with Gasteiger partial charge in [0.25, 0.3) is 0 Å². The zero-order valence-corrected chi connectivity index (χ0v) is 20.9. The number of rotatable bonds is 6. The number of ether oxygens (including phenoxy) is 1. The molecule has 3 N–H and O–H groups in total. The van der Waals surface area contributed by atoms with E-state index in [1.54, 1.807) is 4.57 Å². The Labute approximate surface area is 223 Å². The highest BCUT2D eigenvalue weighted by Crippen LogP contribution is 2.57. The smallest absolute Gasteiger partial charge is 0.170 e. The van der Waals surface area contributed by atoms with Gasteiger partial charge in [0.05, 0.1) is 18.3 Å². The van der Waals surface area contributed by atoms with Crippen molar-refractivity contribution in [1.82, 2.24) is 19.5 Å². The maximum atomic E-state index is 13.2. The van der Waals surface area contributed by atoms with Crippen LogP contribution >= 0.6 is 11.6 Å². The first-order valence-electron chi connectivity index (χ1n) is 12.2. The van der Waals surface area contributed by atoms with Crippen LogP contribution in [0.25, 0.3) is 11.2 Å². The molecule has 1 fully saturated rings. The molecule has 192 valence electrons. The summed E-state index contributed by atoms with van der Waals surface area (Å²) < 4.78 is 7.82. The lowest BCUT2D eigenvalue weighted by Crippen LogP contribution is -2.62. The van der Waals surface area contributed by atoms with E-state index in [0.717, 1.165) is 16.7 Å². The van der Waals surface area contributed by atoms with Crippen molar-refractivity contribution in [3.63, 3.8) is 0 Å². The van der Waals surface area contributed by atoms with Gasteiger partial charge in [0.2, 0.25) is 0 Å². The van der Waals surface area contributed by atoms with E-state index in [4.69, 9.17) is 16.3 Å². The van der Waals surface area contributed by atoms with Gasteiger partial charge in [-0.2, -0.15) is 0 Å². The lowest BCUT2D eigenvalue weighted by Gasteiger charge is -2.50. The number of hydrogen-bond acceptors (Lipinski definition) is 7. The quantitative estimate of drug-likeness (QED) is 0.228. The van der Waals surface area contributed by atoms with E-state index in [2.05, 4.69) is 15.0 Å². The number of aliphatic hydroxyl groups is 3. The number of hydrogen-bond donors (Lipinski definition) is 3. The third kappa shape index (κ3) is 3.42. The molecule has 0 radical (unpaired) electrons. The molecule has 0 amide bonds. The van der Waals surface area contributed by atoms with Gasteiger partial charge in [0, 0.05) is 0 Å². The summed E-state index contributed by atoms with van der Waals surface area (Å²) in [6.07, 6.45) is -1.09. The summed E-state index contributed by atoms with van der Waals surface area (Å²) in [5.74, 6) is 0. The molecule has 5 aromatic rings. The fourth-order valence-corrected chi connectivity index (χ4v) is 6.03. The molecule has 2 aromatic heterocycles. The van der Waals surface area contributed by atoms with E-state index in [1.807, 2.05) is 91.0 Å². The Bertz CT molecular complexity index is 1450. The van der Waals surface area contributed by atoms with Gasteiger partial charge in [0.1, 0.15) is 24.1 Å². The van der Waals surface area contributed by atoms with Crippen molar-refractivity contribution in [2.75, 3.05) is 6.61 Å². The van der Waals surface area contributed by atoms with Gasteiger partial charge in [-0.3, -0.25) is 4.57 Å². The number of aromatic nitrogens is 4. The van der Waals surface area contributed by atoms with Crippen molar-refractivity contribution in [1.29, 1.82) is 0 Å². The molecule has 0 unspecified atom stereocenters. The summed E-state index contributed by atoms with van der Waals surface area (Å²) in [4.78, 5) is 12.7. The second kappa shape index (κ2) is 9.58. The Hall–Kier alpha value is -3.66. The molecule has 4 atom stereocenters. The van der Waals surface area contributed by atoms with E-state index < -0.39 is 36.1 Å². The molecule has 1 aliphatic heterocycles. The molecule has 9 heteroatoms. The van der Waals surface area contributed by atoms with E-state index in [-0.39, 0.29) is 5.15 Å². The summed E-state index contributed by atoms with van der Waals surface area (Å²) in [6.45, 7) is -0.517. The highest BCUT2D eigenvalue weighted by atomic mass is 35.5. The van der Waals surface area contributed by atoms with E-state index in [0.29, 0.717) is 11.2 Å². The van der Waals surface area contributed by atoms with Crippen LogP contribution in [0.1, 0.15) is 22.9 Å². The minimum absolute atomic E-state index is 0.148. The van der Waals surface area contributed by atoms with Gasteiger partial charge in [0.15, 0.2) is 22.6 Å². The van der Waals surface area contributed by atoms with Crippen LogP contribution in [-0.4, -0.2) is 59.3 Å². The van der Waals surface area contributed by atoms with Crippen LogP contribution < -0.4 is 0 Å². The Morgan fingerprint density at radius 1 is 0.842 bits per heavy atom. The highest BCUT2D eigenvalue weighted by Gasteiger charge is 2.68. The van der Waals surface area contributed by atoms with E-state index >= 15 is 0 Å². The van der Waals surface area contributed by atoms with Crippen LogP contribution in [0.15, 0.2) is 104 Å². The molecule has 38 heavy (non-hydrogen) atoms. The first kappa shape index (κ1) is 24.7. The van der Waals surface area contributed by atoms with Crippen LogP contribution in [0.2, 0.25) is 5.15 Å². The molecule has 0 aliphatic carbocycles. The first-order valence-corrected chi connectivity index (χ1v) is 12.6. The maximum absolute atomic E-state index is 13.2. The monoisotopic (exact) mass is 528 g/mol. The van der Waals surface area contributed by atoms with Crippen molar-refractivity contribution in [2.24, 2.45) is 0 Å². The Morgan fingerprint density at radius 3 is 1.87 bits per heavy atom. The number of imidazole rings is 1. The molecule has 0 spiro atoms. The van der Waals surface area contributed by atoms with Gasteiger partial charge in [-0.1, -0.05) is 103 Å². The lowest BCUT2D eigenvalue weighted by atomic mass is 9.57. The number of fused-ring (bicyclic) bond motifs is 1. The summed E-state index contributed by atoms with van der Waals surface area (Å²) >= 11 is 6.29. The van der Waals surface area contributed by atoms with Crippen LogP contribution in [0.3, 0.4) is 0 Å². The SMILES string of the molecule is OC[C@H]1O[C@@H](n2cnc3c(Cl)ncnc32)[C@@](O)(C(c2ccccc2)(c2ccccc2)c2ccccc2)[C@@H]1O. The second-order valence-electron chi connectivity index (χ2n) is 9.32. The fourth-order valence-electron chi connectivity index (χ4n) is 5.85. The molecule has 0 saturated carbocycles. The second-order valence-corrected chi connectivity index (χ2v) is 9.67. The number of nitrogens with zero attached hydrogens (tertiary/aromatic N) is 4. The summed E-state index contributed by atoms with van der Waals surface area (Å²) in [5.41, 5.74) is -0.614. The van der Waals surface area contributed by atoms with E-state index in [1.165, 1.54) is 12.7 Å². The minimum atomic E-state index is -2.07. The van der Waals surface area contributed by atoms with Gasteiger partial charge < -0.3 is 20.1 Å².